The van der Waals surface area contributed by atoms with E-state index in [1.54, 1.807) is 45.0 Å². The second kappa shape index (κ2) is 7.87. The summed E-state index contributed by atoms with van der Waals surface area (Å²) < 4.78 is 29.4. The number of ether oxygens (including phenoxy) is 1. The third kappa shape index (κ3) is 5.63. The van der Waals surface area contributed by atoms with Crippen molar-refractivity contribution >= 4 is 44.3 Å². The van der Waals surface area contributed by atoms with E-state index in [1.165, 1.54) is 0 Å². The standard InChI is InChI=1S/C19H24ClN3O5S/c1-19(2,3)28-18(25)23-14-6-7-29(26,27)10-16(14)22-17(24)15-9-11-8-12(20)4-5-13(11)21-15/h4-5,8-9,14,16,21H,6-7,10H2,1-3H3,(H,22,24)(H,23,25)/p-1/t14-,16+/m1/s1. The molecular formula is C19H23ClN3O5S-. The van der Waals surface area contributed by atoms with Crippen LogP contribution in [0.4, 0.5) is 0 Å². The first-order chi connectivity index (χ1) is 13.4. The van der Waals surface area contributed by atoms with Gasteiger partial charge < -0.3 is 20.1 Å². The van der Waals surface area contributed by atoms with Gasteiger partial charge in [-0.3, -0.25) is 9.79 Å². The average molecular weight is 441 g/mol. The van der Waals surface area contributed by atoms with Crippen molar-refractivity contribution in [1.29, 1.82) is 0 Å². The van der Waals surface area contributed by atoms with Gasteiger partial charge in [0.2, 0.25) is 0 Å². The molecule has 1 aliphatic rings. The maximum absolute atomic E-state index is 12.7. The highest BCUT2D eigenvalue weighted by atomic mass is 35.5. The molecule has 0 saturated carbocycles. The third-order valence-electron chi connectivity index (χ3n) is 4.43. The van der Waals surface area contributed by atoms with E-state index >= 15 is 0 Å². The first-order valence-electron chi connectivity index (χ1n) is 9.15. The van der Waals surface area contributed by atoms with Crippen LogP contribution in [0.2, 0.25) is 5.02 Å². The molecule has 29 heavy (non-hydrogen) atoms. The van der Waals surface area contributed by atoms with Gasteiger partial charge in [0.1, 0.15) is 11.8 Å². The average Bonchev–Trinajstić information content (AvgIpc) is 2.98. The number of aliphatic imine (C=N–C) groups is 1. The van der Waals surface area contributed by atoms with Crippen LogP contribution in [0.15, 0.2) is 29.3 Å². The number of carbonyl (C=O) groups is 1. The highest BCUT2D eigenvalue weighted by Gasteiger charge is 2.34. The van der Waals surface area contributed by atoms with Gasteiger partial charge in [0.25, 0.3) is 5.91 Å². The maximum atomic E-state index is 12.7. The lowest BCUT2D eigenvalue weighted by Gasteiger charge is -2.33. The number of H-pyrrole nitrogens is 1. The molecule has 0 bridgehead atoms. The summed E-state index contributed by atoms with van der Waals surface area (Å²) in [6.45, 7) is 5.15. The molecule has 158 valence electrons. The Balaban J connectivity index is 1.81. The molecule has 0 radical (unpaired) electrons. The van der Waals surface area contributed by atoms with E-state index < -0.39 is 39.5 Å². The van der Waals surface area contributed by atoms with Crippen molar-refractivity contribution in [3.8, 4) is 0 Å². The number of hydrogen-bond donors (Lipinski definition) is 2. The Labute approximate surface area is 174 Å². The lowest BCUT2D eigenvalue weighted by Crippen LogP contribution is -2.52. The number of sulfone groups is 1. The number of amides is 1. The Morgan fingerprint density at radius 3 is 2.76 bits per heavy atom. The monoisotopic (exact) mass is 440 g/mol. The first-order valence-corrected chi connectivity index (χ1v) is 11.4. The summed E-state index contributed by atoms with van der Waals surface area (Å²) >= 11 is 5.97. The predicted octanol–water partition coefficient (Wildman–Crippen LogP) is 1.64. The summed E-state index contributed by atoms with van der Waals surface area (Å²) in [6, 6.07) is 5.29. The van der Waals surface area contributed by atoms with Crippen LogP contribution in [0.3, 0.4) is 0 Å². The molecule has 10 heteroatoms. The number of halogens is 1. The second-order valence-corrected chi connectivity index (χ2v) is 10.7. The fraction of sp³-hybridized carbons (Fsp3) is 0.474. The molecule has 1 fully saturated rings. The Hall–Kier alpha value is -2.26. The van der Waals surface area contributed by atoms with Crippen molar-refractivity contribution in [3.05, 3.63) is 35.0 Å². The maximum Gasteiger partial charge on any atom is 0.268 e. The van der Waals surface area contributed by atoms with Crippen molar-refractivity contribution in [2.75, 3.05) is 11.5 Å². The highest BCUT2D eigenvalue weighted by Crippen LogP contribution is 2.21. The van der Waals surface area contributed by atoms with Crippen LogP contribution in [-0.2, 0) is 14.6 Å². The van der Waals surface area contributed by atoms with E-state index in [-0.39, 0.29) is 23.6 Å². The third-order valence-corrected chi connectivity index (χ3v) is 6.39. The fourth-order valence-corrected chi connectivity index (χ4v) is 4.96. The number of hydrogen-bond acceptors (Lipinski definition) is 6. The fourth-order valence-electron chi connectivity index (χ4n) is 3.16. The lowest BCUT2D eigenvalue weighted by molar-refractivity contribution is -0.261. The molecule has 1 aromatic carbocycles. The van der Waals surface area contributed by atoms with Crippen molar-refractivity contribution in [2.45, 2.75) is 44.9 Å². The van der Waals surface area contributed by atoms with E-state index in [2.05, 4.69) is 15.3 Å². The Kier molecular flexibility index (Phi) is 5.82. The second-order valence-electron chi connectivity index (χ2n) is 8.07. The van der Waals surface area contributed by atoms with E-state index in [4.69, 9.17) is 16.3 Å². The highest BCUT2D eigenvalue weighted by molar-refractivity contribution is 7.91. The number of benzene rings is 1. The lowest BCUT2D eigenvalue weighted by atomic mass is 10.1. The van der Waals surface area contributed by atoms with Gasteiger partial charge >= 0.3 is 0 Å². The molecule has 1 amide bonds. The molecule has 1 saturated heterocycles. The van der Waals surface area contributed by atoms with Gasteiger partial charge in [-0.1, -0.05) is 32.4 Å². The quantitative estimate of drug-likeness (QED) is 0.554. The number of nitrogens with one attached hydrogen (secondary N) is 2. The summed E-state index contributed by atoms with van der Waals surface area (Å²) in [4.78, 5) is 19.7. The summed E-state index contributed by atoms with van der Waals surface area (Å²) in [5.41, 5.74) is 0.276. The van der Waals surface area contributed by atoms with Gasteiger partial charge in [-0.25, -0.2) is 8.42 Å². The number of aromatic amines is 1. The van der Waals surface area contributed by atoms with Gasteiger partial charge in [0.05, 0.1) is 23.6 Å². The van der Waals surface area contributed by atoms with Crippen molar-refractivity contribution in [2.24, 2.45) is 4.99 Å². The van der Waals surface area contributed by atoms with Crippen LogP contribution < -0.4 is 10.4 Å². The minimum absolute atomic E-state index is 0.0960. The number of nitrogens with zero attached hydrogens (tertiary/aromatic N) is 1. The molecule has 3 rings (SSSR count). The smallest absolute Gasteiger partial charge is 0.268 e. The molecule has 2 heterocycles. The topological polar surface area (TPSA) is 124 Å². The van der Waals surface area contributed by atoms with Gasteiger partial charge in [0.15, 0.2) is 9.84 Å². The summed E-state index contributed by atoms with van der Waals surface area (Å²) in [5.74, 6) is -0.869. The molecule has 2 atom stereocenters. The molecule has 8 nitrogen and oxygen atoms in total. The zero-order valence-electron chi connectivity index (χ0n) is 16.4. The van der Waals surface area contributed by atoms with Crippen LogP contribution in [0.5, 0.6) is 0 Å². The molecule has 0 aliphatic carbocycles. The van der Waals surface area contributed by atoms with E-state index in [0.717, 1.165) is 10.9 Å². The number of carbonyl (C=O) groups excluding carboxylic acids is 1. The van der Waals surface area contributed by atoms with Crippen LogP contribution >= 0.6 is 11.6 Å². The van der Waals surface area contributed by atoms with Crippen LogP contribution in [0.25, 0.3) is 10.9 Å². The van der Waals surface area contributed by atoms with E-state index in [0.29, 0.717) is 5.02 Å². The van der Waals surface area contributed by atoms with Crippen LogP contribution in [0.1, 0.15) is 37.7 Å². The van der Waals surface area contributed by atoms with Crippen molar-refractivity contribution in [1.82, 2.24) is 10.3 Å². The number of fused-ring (bicyclic) bond motifs is 1. The minimum Gasteiger partial charge on any atom is -0.595 e. The molecular weight excluding hydrogens is 418 g/mol. The molecule has 2 N–H and O–H groups in total. The Morgan fingerprint density at radius 1 is 1.34 bits per heavy atom. The van der Waals surface area contributed by atoms with Crippen molar-refractivity contribution in [3.63, 3.8) is 0 Å². The Morgan fingerprint density at radius 2 is 2.07 bits per heavy atom. The van der Waals surface area contributed by atoms with E-state index in [9.17, 15) is 18.3 Å². The minimum atomic E-state index is -3.35. The van der Waals surface area contributed by atoms with E-state index in [1.807, 2.05) is 0 Å². The van der Waals surface area contributed by atoms with Crippen LogP contribution in [0, 0.1) is 0 Å². The largest absolute Gasteiger partial charge is 0.595 e. The number of aromatic nitrogens is 1. The van der Waals surface area contributed by atoms with Gasteiger partial charge in [-0.2, -0.15) is 0 Å². The molecule has 1 aromatic heterocycles. The van der Waals surface area contributed by atoms with Gasteiger partial charge in [0, 0.05) is 21.5 Å². The SMILES string of the molecule is CC(C)(C)OC([O-])=N[C@@H]1CCS(=O)(=O)C[C@@H]1NC(=O)c1cc2cc(Cl)ccc2[nH]1. The van der Waals surface area contributed by atoms with Crippen LogP contribution in [-0.4, -0.2) is 54.6 Å². The molecule has 1 aliphatic heterocycles. The first kappa shape index (κ1) is 21.4. The Bertz CT molecular complexity index is 1060. The molecule has 0 spiro atoms. The summed E-state index contributed by atoms with van der Waals surface area (Å²) in [5, 5.41) is 16.1. The van der Waals surface area contributed by atoms with Crippen molar-refractivity contribution < 1.29 is 23.1 Å². The molecule has 2 aromatic rings. The summed E-state index contributed by atoms with van der Waals surface area (Å²) in [7, 11) is -3.35. The zero-order chi connectivity index (χ0) is 21.4. The summed E-state index contributed by atoms with van der Waals surface area (Å²) in [6.07, 6.45) is -0.643. The van der Waals surface area contributed by atoms with Gasteiger partial charge in [-0.15, -0.1) is 0 Å². The van der Waals surface area contributed by atoms with Gasteiger partial charge in [-0.05, 0) is 30.7 Å². The predicted molar refractivity (Wildman–Crippen MR) is 110 cm³/mol. The normalized spacial score (nSPS) is 22.4. The zero-order valence-corrected chi connectivity index (χ0v) is 17.9. The number of rotatable bonds is 3. The molecule has 0 unspecified atom stereocenters.